The number of halogens is 1. The van der Waals surface area contributed by atoms with Gasteiger partial charge in [0.15, 0.2) is 0 Å². The summed E-state index contributed by atoms with van der Waals surface area (Å²) in [5.41, 5.74) is -0.317. The fourth-order valence-electron chi connectivity index (χ4n) is 1.33. The van der Waals surface area contributed by atoms with Crippen molar-refractivity contribution in [2.45, 2.75) is 39.3 Å². The average Bonchev–Trinajstić information content (AvgIpc) is 2.27. The van der Waals surface area contributed by atoms with Gasteiger partial charge in [0.05, 0.1) is 0 Å². The van der Waals surface area contributed by atoms with E-state index in [1.807, 2.05) is 0 Å². The quantitative estimate of drug-likeness (QED) is 0.855. The molecule has 0 saturated heterocycles. The molecule has 0 aliphatic carbocycles. The lowest BCUT2D eigenvalue weighted by Crippen LogP contribution is -2.42. The number of rotatable bonds is 3. The SMILES string of the molecule is C[C@H](NC(=O)c1ccc(F)cc1)C(=O)OC(C)(C)C. The van der Waals surface area contributed by atoms with Gasteiger partial charge in [-0.3, -0.25) is 4.79 Å². The van der Waals surface area contributed by atoms with Gasteiger partial charge < -0.3 is 10.1 Å². The first-order valence-electron chi connectivity index (χ1n) is 5.98. The minimum atomic E-state index is -0.767. The molecule has 1 N–H and O–H groups in total. The summed E-state index contributed by atoms with van der Waals surface area (Å²) in [5, 5.41) is 2.50. The molecular formula is C14H18FNO3. The average molecular weight is 267 g/mol. The second-order valence-electron chi connectivity index (χ2n) is 5.24. The number of esters is 1. The molecule has 0 heterocycles. The van der Waals surface area contributed by atoms with Gasteiger partial charge in [0.25, 0.3) is 5.91 Å². The third-order valence-electron chi connectivity index (χ3n) is 2.21. The van der Waals surface area contributed by atoms with Crippen molar-refractivity contribution < 1.29 is 18.7 Å². The summed E-state index contributed by atoms with van der Waals surface area (Å²) in [7, 11) is 0. The Hall–Kier alpha value is -1.91. The van der Waals surface area contributed by atoms with Crippen molar-refractivity contribution in [3.05, 3.63) is 35.6 Å². The third-order valence-corrected chi connectivity index (χ3v) is 2.21. The number of amides is 1. The van der Waals surface area contributed by atoms with Gasteiger partial charge in [-0.25, -0.2) is 9.18 Å². The molecule has 5 heteroatoms. The van der Waals surface area contributed by atoms with E-state index >= 15 is 0 Å². The summed E-state index contributed by atoms with van der Waals surface area (Å²) >= 11 is 0. The monoisotopic (exact) mass is 267 g/mol. The largest absolute Gasteiger partial charge is 0.458 e. The predicted molar refractivity (Wildman–Crippen MR) is 69.2 cm³/mol. The van der Waals surface area contributed by atoms with Crippen LogP contribution in [0.5, 0.6) is 0 Å². The smallest absolute Gasteiger partial charge is 0.328 e. The van der Waals surface area contributed by atoms with E-state index in [0.717, 1.165) is 0 Å². The highest BCUT2D eigenvalue weighted by molar-refractivity contribution is 5.96. The Balaban J connectivity index is 2.61. The second-order valence-corrected chi connectivity index (χ2v) is 5.24. The lowest BCUT2D eigenvalue weighted by atomic mass is 10.2. The Kier molecular flexibility index (Phi) is 4.64. The molecule has 0 fully saturated rings. The van der Waals surface area contributed by atoms with Crippen molar-refractivity contribution in [3.8, 4) is 0 Å². The molecule has 0 aliphatic rings. The highest BCUT2D eigenvalue weighted by atomic mass is 19.1. The molecule has 1 amide bonds. The van der Waals surface area contributed by atoms with E-state index in [4.69, 9.17) is 4.74 Å². The predicted octanol–water partition coefficient (Wildman–Crippen LogP) is 2.29. The minimum Gasteiger partial charge on any atom is -0.458 e. The van der Waals surface area contributed by atoms with E-state index in [1.54, 1.807) is 20.8 Å². The van der Waals surface area contributed by atoms with E-state index in [0.29, 0.717) is 0 Å². The molecule has 1 aromatic carbocycles. The van der Waals surface area contributed by atoms with Crippen molar-refractivity contribution in [2.24, 2.45) is 0 Å². The first kappa shape index (κ1) is 15.1. The maximum Gasteiger partial charge on any atom is 0.328 e. The number of nitrogens with one attached hydrogen (secondary N) is 1. The van der Waals surface area contributed by atoms with Crippen LogP contribution in [0.15, 0.2) is 24.3 Å². The van der Waals surface area contributed by atoms with Gasteiger partial charge in [0.2, 0.25) is 0 Å². The Morgan fingerprint density at radius 1 is 1.21 bits per heavy atom. The Bertz CT molecular complexity index is 463. The van der Waals surface area contributed by atoms with Crippen LogP contribution in [0.1, 0.15) is 38.1 Å². The Morgan fingerprint density at radius 2 is 1.74 bits per heavy atom. The van der Waals surface area contributed by atoms with Crippen LogP contribution in [-0.4, -0.2) is 23.5 Å². The van der Waals surface area contributed by atoms with Gasteiger partial charge in [-0.05, 0) is 52.0 Å². The molecule has 1 aromatic rings. The standard InChI is InChI=1S/C14H18FNO3/c1-9(13(18)19-14(2,3)4)16-12(17)10-5-7-11(15)8-6-10/h5-9H,1-4H3,(H,16,17)/t9-/m0/s1. The molecule has 0 spiro atoms. The van der Waals surface area contributed by atoms with Gasteiger partial charge in [-0.15, -0.1) is 0 Å². The molecule has 0 saturated carbocycles. The summed E-state index contributed by atoms with van der Waals surface area (Å²) < 4.78 is 17.9. The third kappa shape index (κ3) is 5.07. The molecule has 19 heavy (non-hydrogen) atoms. The van der Waals surface area contributed by atoms with Crippen LogP contribution in [0.3, 0.4) is 0 Å². The number of carbonyl (C=O) groups excluding carboxylic acids is 2. The van der Waals surface area contributed by atoms with Crippen LogP contribution in [0.25, 0.3) is 0 Å². The van der Waals surface area contributed by atoms with Crippen molar-refractivity contribution >= 4 is 11.9 Å². The fraction of sp³-hybridized carbons (Fsp3) is 0.429. The summed E-state index contributed by atoms with van der Waals surface area (Å²) in [4.78, 5) is 23.5. The number of hydrogen-bond donors (Lipinski definition) is 1. The van der Waals surface area contributed by atoms with E-state index in [9.17, 15) is 14.0 Å². The Morgan fingerprint density at radius 3 is 2.21 bits per heavy atom. The fourth-order valence-corrected chi connectivity index (χ4v) is 1.33. The number of benzene rings is 1. The van der Waals surface area contributed by atoms with E-state index in [2.05, 4.69) is 5.32 Å². The molecule has 0 aromatic heterocycles. The molecule has 1 atom stereocenters. The molecule has 104 valence electrons. The zero-order chi connectivity index (χ0) is 14.6. The highest BCUT2D eigenvalue weighted by Gasteiger charge is 2.23. The maximum absolute atomic E-state index is 12.7. The van der Waals surface area contributed by atoms with Crippen LogP contribution in [0, 0.1) is 5.82 Å². The normalized spacial score (nSPS) is 12.7. The topological polar surface area (TPSA) is 55.4 Å². The van der Waals surface area contributed by atoms with E-state index in [-0.39, 0.29) is 5.56 Å². The first-order chi connectivity index (χ1) is 8.69. The number of ether oxygens (including phenoxy) is 1. The van der Waals surface area contributed by atoms with Gasteiger partial charge in [-0.1, -0.05) is 0 Å². The van der Waals surface area contributed by atoms with Crippen LogP contribution in [0.2, 0.25) is 0 Å². The van der Waals surface area contributed by atoms with Crippen molar-refractivity contribution in [1.29, 1.82) is 0 Å². The maximum atomic E-state index is 12.7. The molecule has 4 nitrogen and oxygen atoms in total. The van der Waals surface area contributed by atoms with Gasteiger partial charge in [-0.2, -0.15) is 0 Å². The van der Waals surface area contributed by atoms with Crippen molar-refractivity contribution in [2.75, 3.05) is 0 Å². The van der Waals surface area contributed by atoms with Gasteiger partial charge in [0.1, 0.15) is 17.5 Å². The summed E-state index contributed by atoms with van der Waals surface area (Å²) in [6, 6.07) is 4.32. The van der Waals surface area contributed by atoms with Crippen LogP contribution in [0.4, 0.5) is 4.39 Å². The van der Waals surface area contributed by atoms with E-state index < -0.39 is 29.3 Å². The zero-order valence-corrected chi connectivity index (χ0v) is 11.5. The van der Waals surface area contributed by atoms with Crippen LogP contribution in [-0.2, 0) is 9.53 Å². The molecular weight excluding hydrogens is 249 g/mol. The number of carbonyl (C=O) groups is 2. The summed E-state index contributed by atoms with van der Waals surface area (Å²) in [5.74, 6) is -1.38. The molecule has 0 unspecified atom stereocenters. The first-order valence-corrected chi connectivity index (χ1v) is 5.98. The minimum absolute atomic E-state index is 0.289. The summed E-state index contributed by atoms with van der Waals surface area (Å²) in [6.45, 7) is 6.79. The summed E-state index contributed by atoms with van der Waals surface area (Å²) in [6.07, 6.45) is 0. The molecule has 0 bridgehead atoms. The van der Waals surface area contributed by atoms with E-state index in [1.165, 1.54) is 31.2 Å². The Labute approximate surface area is 112 Å². The lowest BCUT2D eigenvalue weighted by Gasteiger charge is -2.22. The highest BCUT2D eigenvalue weighted by Crippen LogP contribution is 2.09. The van der Waals surface area contributed by atoms with Crippen LogP contribution < -0.4 is 5.32 Å². The zero-order valence-electron chi connectivity index (χ0n) is 11.5. The van der Waals surface area contributed by atoms with Gasteiger partial charge >= 0.3 is 5.97 Å². The second kappa shape index (κ2) is 5.82. The van der Waals surface area contributed by atoms with Crippen LogP contribution >= 0.6 is 0 Å². The molecule has 0 radical (unpaired) electrons. The molecule has 0 aliphatic heterocycles. The van der Waals surface area contributed by atoms with Crippen molar-refractivity contribution in [1.82, 2.24) is 5.32 Å². The number of hydrogen-bond acceptors (Lipinski definition) is 3. The van der Waals surface area contributed by atoms with Gasteiger partial charge in [0, 0.05) is 5.56 Å². The lowest BCUT2D eigenvalue weighted by molar-refractivity contribution is -0.156. The van der Waals surface area contributed by atoms with Crippen molar-refractivity contribution in [3.63, 3.8) is 0 Å². The molecule has 1 rings (SSSR count).